The van der Waals surface area contributed by atoms with Crippen LogP contribution in [-0.4, -0.2) is 22.8 Å². The number of rotatable bonds is 3. The van der Waals surface area contributed by atoms with E-state index in [-0.39, 0.29) is 5.82 Å². The number of carbonyl (C=O) groups excluding carboxylic acids is 1. The van der Waals surface area contributed by atoms with Gasteiger partial charge in [-0.05, 0) is 45.4 Å². The van der Waals surface area contributed by atoms with Crippen LogP contribution in [0.25, 0.3) is 0 Å². The Morgan fingerprint density at radius 1 is 1.28 bits per heavy atom. The Morgan fingerprint density at radius 2 is 1.78 bits per heavy atom. The van der Waals surface area contributed by atoms with Gasteiger partial charge in [0.05, 0.1) is 6.10 Å². The maximum Gasteiger partial charge on any atom is 0.316 e. The van der Waals surface area contributed by atoms with Gasteiger partial charge in [0, 0.05) is 0 Å². The van der Waals surface area contributed by atoms with Crippen LogP contribution in [0.2, 0.25) is 0 Å². The van der Waals surface area contributed by atoms with E-state index in [9.17, 15) is 14.3 Å². The van der Waals surface area contributed by atoms with Gasteiger partial charge in [0.2, 0.25) is 0 Å². The molecule has 1 aromatic rings. The summed E-state index contributed by atoms with van der Waals surface area (Å²) in [6.45, 7) is 6.79. The summed E-state index contributed by atoms with van der Waals surface area (Å²) in [6, 6.07) is 5.48. The minimum absolute atomic E-state index is 0.382. The fraction of sp³-hybridized carbons (Fsp3) is 0.500. The maximum absolute atomic E-state index is 12.8. The van der Waals surface area contributed by atoms with E-state index in [4.69, 9.17) is 4.74 Å². The van der Waals surface area contributed by atoms with Crippen molar-refractivity contribution in [1.29, 1.82) is 0 Å². The summed E-state index contributed by atoms with van der Waals surface area (Å²) in [5.41, 5.74) is -0.0785. The Bertz CT molecular complexity index is 404. The van der Waals surface area contributed by atoms with E-state index in [0.717, 1.165) is 0 Å². The number of hydrogen-bond donors (Lipinski definition) is 1. The van der Waals surface area contributed by atoms with Crippen LogP contribution in [0.3, 0.4) is 0 Å². The molecule has 1 N–H and O–H groups in total. The van der Waals surface area contributed by atoms with Gasteiger partial charge in [0.15, 0.2) is 0 Å². The lowest BCUT2D eigenvalue weighted by Gasteiger charge is -2.25. The van der Waals surface area contributed by atoms with Crippen LogP contribution in [0.1, 0.15) is 39.2 Å². The summed E-state index contributed by atoms with van der Waals surface area (Å²) in [5.74, 6) is -1.69. The lowest BCUT2D eigenvalue weighted by molar-refractivity contribution is -0.159. The molecule has 0 aromatic heterocycles. The highest BCUT2D eigenvalue weighted by Crippen LogP contribution is 2.24. The summed E-state index contributed by atoms with van der Waals surface area (Å²) in [5, 5.41) is 9.71. The van der Waals surface area contributed by atoms with Crippen LogP contribution < -0.4 is 0 Å². The van der Waals surface area contributed by atoms with Gasteiger partial charge >= 0.3 is 5.97 Å². The summed E-state index contributed by atoms with van der Waals surface area (Å²) >= 11 is 0. The van der Waals surface area contributed by atoms with Crippen molar-refractivity contribution in [1.82, 2.24) is 0 Å². The molecule has 0 aliphatic heterocycles. The normalized spacial score (nSPS) is 15.0. The van der Waals surface area contributed by atoms with Gasteiger partial charge in [0.25, 0.3) is 0 Å². The third-order valence-corrected chi connectivity index (χ3v) is 2.37. The number of carbonyl (C=O) groups is 1. The average Bonchev–Trinajstić information content (AvgIpc) is 2.18. The van der Waals surface area contributed by atoms with Crippen molar-refractivity contribution in [3.05, 3.63) is 35.6 Å². The largest absolute Gasteiger partial charge is 0.459 e. The Labute approximate surface area is 107 Å². The number of halogens is 1. The predicted octanol–water partition coefficient (Wildman–Crippen LogP) is 2.63. The Balaban J connectivity index is 2.96. The van der Waals surface area contributed by atoms with E-state index in [1.165, 1.54) is 31.2 Å². The number of benzene rings is 1. The third kappa shape index (κ3) is 4.11. The zero-order chi connectivity index (χ0) is 13.9. The number of ether oxygens (including phenoxy) is 1. The van der Waals surface area contributed by atoms with Gasteiger partial charge in [-0.15, -0.1) is 0 Å². The minimum Gasteiger partial charge on any atom is -0.459 e. The van der Waals surface area contributed by atoms with Gasteiger partial charge in [0.1, 0.15) is 17.3 Å². The topological polar surface area (TPSA) is 46.5 Å². The van der Waals surface area contributed by atoms with Crippen molar-refractivity contribution in [3.63, 3.8) is 0 Å². The molecule has 100 valence electrons. The zero-order valence-electron chi connectivity index (χ0n) is 11.1. The molecule has 1 aromatic carbocycles. The number of aliphatic hydroxyl groups excluding tert-OH is 1. The standard InChI is InChI=1S/C14H19FO3/c1-9(16)12(13(17)18-14(2,3)4)10-5-7-11(15)8-6-10/h5-9,12,16H,1-4H3/t9-,12+/m1/s1. The van der Waals surface area contributed by atoms with Gasteiger partial charge in [-0.25, -0.2) is 4.39 Å². The van der Waals surface area contributed by atoms with Gasteiger partial charge in [-0.3, -0.25) is 4.79 Å². The molecule has 0 heterocycles. The van der Waals surface area contributed by atoms with E-state index in [1.54, 1.807) is 20.8 Å². The van der Waals surface area contributed by atoms with Crippen molar-refractivity contribution in [2.45, 2.75) is 45.3 Å². The first-order valence-corrected chi connectivity index (χ1v) is 5.87. The lowest BCUT2D eigenvalue weighted by atomic mass is 9.94. The van der Waals surface area contributed by atoms with Crippen LogP contribution >= 0.6 is 0 Å². The number of hydrogen-bond acceptors (Lipinski definition) is 3. The number of aliphatic hydroxyl groups is 1. The number of esters is 1. The van der Waals surface area contributed by atoms with E-state index >= 15 is 0 Å². The van der Waals surface area contributed by atoms with Crippen LogP contribution in [0.5, 0.6) is 0 Å². The van der Waals surface area contributed by atoms with Crippen molar-refractivity contribution >= 4 is 5.97 Å². The second-order valence-corrected chi connectivity index (χ2v) is 5.30. The van der Waals surface area contributed by atoms with Crippen molar-refractivity contribution in [3.8, 4) is 0 Å². The van der Waals surface area contributed by atoms with Crippen molar-refractivity contribution < 1.29 is 19.0 Å². The van der Waals surface area contributed by atoms with E-state index < -0.39 is 23.6 Å². The first kappa shape index (κ1) is 14.6. The van der Waals surface area contributed by atoms with E-state index in [0.29, 0.717) is 5.56 Å². The summed E-state index contributed by atoms with van der Waals surface area (Å²) in [4.78, 5) is 12.0. The molecule has 0 unspecified atom stereocenters. The molecule has 0 bridgehead atoms. The maximum atomic E-state index is 12.8. The predicted molar refractivity (Wildman–Crippen MR) is 66.7 cm³/mol. The van der Waals surface area contributed by atoms with E-state index in [2.05, 4.69) is 0 Å². The van der Waals surface area contributed by atoms with Crippen LogP contribution in [0, 0.1) is 5.82 Å². The van der Waals surface area contributed by atoms with Crippen LogP contribution in [0.4, 0.5) is 4.39 Å². The van der Waals surface area contributed by atoms with Crippen LogP contribution in [-0.2, 0) is 9.53 Å². The first-order valence-electron chi connectivity index (χ1n) is 5.87. The molecule has 1 rings (SSSR count). The van der Waals surface area contributed by atoms with Crippen LogP contribution in [0.15, 0.2) is 24.3 Å². The van der Waals surface area contributed by atoms with Crippen molar-refractivity contribution in [2.75, 3.05) is 0 Å². The SMILES string of the molecule is C[C@@H](O)[C@H](C(=O)OC(C)(C)C)c1ccc(F)cc1. The molecule has 0 amide bonds. The highest BCUT2D eigenvalue weighted by Gasteiger charge is 2.30. The summed E-state index contributed by atoms with van der Waals surface area (Å²) < 4.78 is 18.1. The van der Waals surface area contributed by atoms with Gasteiger partial charge in [-0.2, -0.15) is 0 Å². The lowest BCUT2D eigenvalue weighted by Crippen LogP contribution is -2.32. The molecule has 0 saturated carbocycles. The molecule has 4 heteroatoms. The molecule has 3 nitrogen and oxygen atoms in total. The monoisotopic (exact) mass is 254 g/mol. The highest BCUT2D eigenvalue weighted by molar-refractivity contribution is 5.79. The van der Waals surface area contributed by atoms with Gasteiger partial charge < -0.3 is 9.84 Å². The molecule has 0 saturated heterocycles. The smallest absolute Gasteiger partial charge is 0.316 e. The first-order chi connectivity index (χ1) is 8.20. The fourth-order valence-corrected chi connectivity index (χ4v) is 1.65. The molecular formula is C14H19FO3. The molecule has 0 aliphatic rings. The second kappa shape index (κ2) is 5.48. The van der Waals surface area contributed by atoms with E-state index in [1.807, 2.05) is 0 Å². The highest BCUT2D eigenvalue weighted by atomic mass is 19.1. The molecule has 0 spiro atoms. The molecular weight excluding hydrogens is 235 g/mol. The second-order valence-electron chi connectivity index (χ2n) is 5.30. The molecule has 2 atom stereocenters. The molecule has 0 radical (unpaired) electrons. The molecule has 0 fully saturated rings. The minimum atomic E-state index is -0.898. The summed E-state index contributed by atoms with van der Waals surface area (Å²) in [7, 11) is 0. The van der Waals surface area contributed by atoms with Crippen molar-refractivity contribution in [2.24, 2.45) is 0 Å². The third-order valence-electron chi connectivity index (χ3n) is 2.37. The molecule has 18 heavy (non-hydrogen) atoms. The molecule has 0 aliphatic carbocycles. The Hall–Kier alpha value is -1.42. The fourth-order valence-electron chi connectivity index (χ4n) is 1.65. The zero-order valence-corrected chi connectivity index (χ0v) is 11.1. The van der Waals surface area contributed by atoms with Gasteiger partial charge in [-0.1, -0.05) is 12.1 Å². The average molecular weight is 254 g/mol. The Kier molecular flexibility index (Phi) is 4.46. The Morgan fingerprint density at radius 3 is 2.17 bits per heavy atom. The summed E-state index contributed by atoms with van der Waals surface area (Å²) in [6.07, 6.45) is -0.898. The quantitative estimate of drug-likeness (QED) is 0.843.